The lowest BCUT2D eigenvalue weighted by Crippen LogP contribution is -2.38. The van der Waals surface area contributed by atoms with Gasteiger partial charge in [0.2, 0.25) is 10.0 Å². The second-order valence-corrected chi connectivity index (χ2v) is 7.94. The Hall–Kier alpha value is -1.17. The number of hydrogen-bond donors (Lipinski definition) is 2. The van der Waals surface area contributed by atoms with Gasteiger partial charge in [-0.15, -0.1) is 0 Å². The van der Waals surface area contributed by atoms with Gasteiger partial charge >= 0.3 is 0 Å². The molecule has 0 spiro atoms. The molecule has 0 bridgehead atoms. The van der Waals surface area contributed by atoms with Gasteiger partial charge in [0.1, 0.15) is 0 Å². The molecule has 0 heterocycles. The van der Waals surface area contributed by atoms with Crippen molar-refractivity contribution in [3.8, 4) is 0 Å². The van der Waals surface area contributed by atoms with Crippen molar-refractivity contribution in [3.63, 3.8) is 0 Å². The van der Waals surface area contributed by atoms with Crippen molar-refractivity contribution in [3.05, 3.63) is 40.5 Å². The van der Waals surface area contributed by atoms with Crippen LogP contribution < -0.4 is 4.72 Å². The molecule has 0 aliphatic carbocycles. The van der Waals surface area contributed by atoms with Crippen LogP contribution in [-0.2, 0) is 10.0 Å². The highest BCUT2D eigenvalue weighted by atomic mass is 32.2. The van der Waals surface area contributed by atoms with Gasteiger partial charge in [0, 0.05) is 6.04 Å². The van der Waals surface area contributed by atoms with Crippen LogP contribution in [-0.4, -0.2) is 26.2 Å². The van der Waals surface area contributed by atoms with Crippen molar-refractivity contribution in [2.45, 2.75) is 52.5 Å². The molecule has 1 aromatic rings. The molecule has 0 unspecified atom stereocenters. The molecule has 0 aromatic heterocycles. The van der Waals surface area contributed by atoms with Gasteiger partial charge in [-0.25, -0.2) is 13.1 Å². The molecule has 0 amide bonds. The molecule has 5 heteroatoms. The normalized spacial score (nSPS) is 14.5. The Morgan fingerprint density at radius 3 is 2.14 bits per heavy atom. The van der Waals surface area contributed by atoms with Crippen LogP contribution in [0, 0.1) is 26.7 Å². The predicted octanol–water partition coefficient (Wildman–Crippen LogP) is 2.85. The molecule has 1 atom stereocenters. The Morgan fingerprint density at radius 1 is 1.23 bits per heavy atom. The standard InChI is InChI=1S/C17H27NO3S/c1-11(2)16(9-13(4)10-19)18-22(20,21)17-14(5)7-12(3)8-15(17)6/h7-9,11,16,18-19H,10H2,1-6H3/b13-9+/t16-/m1/s1. The number of aryl methyl sites for hydroxylation is 3. The lowest BCUT2D eigenvalue weighted by atomic mass is 10.0. The maximum atomic E-state index is 12.8. The molecule has 0 aliphatic rings. The van der Waals surface area contributed by atoms with Crippen LogP contribution in [0.25, 0.3) is 0 Å². The van der Waals surface area contributed by atoms with Gasteiger partial charge in [0.05, 0.1) is 11.5 Å². The summed E-state index contributed by atoms with van der Waals surface area (Å²) in [5, 5.41) is 9.15. The third-order valence-corrected chi connectivity index (χ3v) is 5.36. The number of nitrogens with one attached hydrogen (secondary N) is 1. The third kappa shape index (κ3) is 4.66. The van der Waals surface area contributed by atoms with Crippen LogP contribution in [0.1, 0.15) is 37.5 Å². The minimum atomic E-state index is -3.61. The Bertz CT molecular complexity index is 637. The van der Waals surface area contributed by atoms with E-state index < -0.39 is 10.0 Å². The summed E-state index contributed by atoms with van der Waals surface area (Å²) >= 11 is 0. The fourth-order valence-corrected chi connectivity index (χ4v) is 4.33. The Balaban J connectivity index is 3.25. The summed E-state index contributed by atoms with van der Waals surface area (Å²) in [7, 11) is -3.61. The second kappa shape index (κ2) is 7.40. The zero-order valence-corrected chi connectivity index (χ0v) is 15.1. The third-order valence-electron chi connectivity index (χ3n) is 3.60. The minimum absolute atomic E-state index is 0.0759. The molecule has 4 nitrogen and oxygen atoms in total. The molecule has 0 saturated heterocycles. The van der Waals surface area contributed by atoms with Gasteiger partial charge in [0.15, 0.2) is 0 Å². The number of sulfonamides is 1. The smallest absolute Gasteiger partial charge is 0.241 e. The van der Waals surface area contributed by atoms with Gasteiger partial charge in [-0.3, -0.25) is 0 Å². The van der Waals surface area contributed by atoms with E-state index >= 15 is 0 Å². The Morgan fingerprint density at radius 2 is 1.73 bits per heavy atom. The highest BCUT2D eigenvalue weighted by Gasteiger charge is 2.24. The minimum Gasteiger partial charge on any atom is -0.392 e. The van der Waals surface area contributed by atoms with Gasteiger partial charge in [-0.1, -0.05) is 43.2 Å². The van der Waals surface area contributed by atoms with E-state index in [4.69, 9.17) is 5.11 Å². The summed E-state index contributed by atoms with van der Waals surface area (Å²) in [5.41, 5.74) is 3.29. The summed E-state index contributed by atoms with van der Waals surface area (Å²) in [6.07, 6.45) is 1.78. The molecule has 1 rings (SSSR count). The summed E-state index contributed by atoms with van der Waals surface area (Å²) in [6.45, 7) is 11.2. The second-order valence-electron chi connectivity index (χ2n) is 6.29. The fourth-order valence-electron chi connectivity index (χ4n) is 2.55. The Labute approximate surface area is 134 Å². The summed E-state index contributed by atoms with van der Waals surface area (Å²) < 4.78 is 28.3. The molecule has 0 aliphatic heterocycles. The molecular weight excluding hydrogens is 298 g/mol. The van der Waals surface area contributed by atoms with Crippen molar-refractivity contribution < 1.29 is 13.5 Å². The van der Waals surface area contributed by atoms with E-state index in [0.29, 0.717) is 4.90 Å². The van der Waals surface area contributed by atoms with Crippen LogP contribution >= 0.6 is 0 Å². The molecule has 0 saturated carbocycles. The first-order valence-electron chi connectivity index (χ1n) is 7.46. The number of aliphatic hydroxyl groups excluding tert-OH is 1. The van der Waals surface area contributed by atoms with E-state index in [0.717, 1.165) is 22.3 Å². The first kappa shape index (κ1) is 18.9. The van der Waals surface area contributed by atoms with Crippen molar-refractivity contribution in [1.29, 1.82) is 0 Å². The summed E-state index contributed by atoms with van der Waals surface area (Å²) in [4.78, 5) is 0.346. The lowest BCUT2D eigenvalue weighted by Gasteiger charge is -2.21. The fraction of sp³-hybridized carbons (Fsp3) is 0.529. The van der Waals surface area contributed by atoms with Crippen LogP contribution in [0.15, 0.2) is 28.7 Å². The molecular formula is C17H27NO3S. The number of hydrogen-bond acceptors (Lipinski definition) is 3. The van der Waals surface area contributed by atoms with Crippen molar-refractivity contribution >= 4 is 10.0 Å². The van der Waals surface area contributed by atoms with Crippen LogP contribution in [0.3, 0.4) is 0 Å². The van der Waals surface area contributed by atoms with Crippen LogP contribution in [0.2, 0.25) is 0 Å². The molecule has 0 radical (unpaired) electrons. The van der Waals surface area contributed by atoms with E-state index in [1.54, 1.807) is 13.0 Å². The summed E-state index contributed by atoms with van der Waals surface area (Å²) in [6, 6.07) is 3.40. The maximum absolute atomic E-state index is 12.8. The highest BCUT2D eigenvalue weighted by Crippen LogP contribution is 2.22. The molecule has 22 heavy (non-hydrogen) atoms. The lowest BCUT2D eigenvalue weighted by molar-refractivity contribution is 0.329. The SMILES string of the molecule is C/C(=C\[C@@H](NS(=O)(=O)c1c(C)cc(C)cc1C)C(C)C)CO. The largest absolute Gasteiger partial charge is 0.392 e. The number of aliphatic hydroxyl groups is 1. The highest BCUT2D eigenvalue weighted by molar-refractivity contribution is 7.89. The van der Waals surface area contributed by atoms with E-state index in [1.807, 2.05) is 46.8 Å². The van der Waals surface area contributed by atoms with E-state index in [2.05, 4.69) is 4.72 Å². The van der Waals surface area contributed by atoms with Crippen molar-refractivity contribution in [1.82, 2.24) is 4.72 Å². The number of benzene rings is 1. The first-order chi connectivity index (χ1) is 10.1. The van der Waals surface area contributed by atoms with Crippen molar-refractivity contribution in [2.24, 2.45) is 5.92 Å². The Kier molecular flexibility index (Phi) is 6.35. The van der Waals surface area contributed by atoms with Gasteiger partial charge in [0.25, 0.3) is 0 Å². The van der Waals surface area contributed by atoms with Gasteiger partial charge in [-0.2, -0.15) is 0 Å². The zero-order valence-electron chi connectivity index (χ0n) is 14.3. The van der Waals surface area contributed by atoms with E-state index in [9.17, 15) is 8.42 Å². The summed E-state index contributed by atoms with van der Waals surface area (Å²) in [5.74, 6) is 0.0855. The quantitative estimate of drug-likeness (QED) is 0.790. The first-order valence-corrected chi connectivity index (χ1v) is 8.95. The molecule has 2 N–H and O–H groups in total. The van der Waals surface area contributed by atoms with Crippen LogP contribution in [0.4, 0.5) is 0 Å². The predicted molar refractivity (Wildman–Crippen MR) is 90.4 cm³/mol. The number of rotatable bonds is 6. The maximum Gasteiger partial charge on any atom is 0.241 e. The molecule has 124 valence electrons. The van der Waals surface area contributed by atoms with E-state index in [1.165, 1.54) is 0 Å². The van der Waals surface area contributed by atoms with Gasteiger partial charge in [-0.05, 0) is 44.7 Å². The van der Waals surface area contributed by atoms with Crippen molar-refractivity contribution in [2.75, 3.05) is 6.61 Å². The zero-order chi connectivity index (χ0) is 17.1. The topological polar surface area (TPSA) is 66.4 Å². The molecule has 0 fully saturated rings. The van der Waals surface area contributed by atoms with E-state index in [-0.39, 0.29) is 18.6 Å². The average Bonchev–Trinajstić information content (AvgIpc) is 2.35. The van der Waals surface area contributed by atoms with Crippen LogP contribution in [0.5, 0.6) is 0 Å². The monoisotopic (exact) mass is 325 g/mol. The van der Waals surface area contributed by atoms with Gasteiger partial charge < -0.3 is 5.11 Å². The average molecular weight is 325 g/mol. The molecule has 1 aromatic carbocycles.